The smallest absolute Gasteiger partial charge is 0.128 e. The van der Waals surface area contributed by atoms with Gasteiger partial charge in [-0.05, 0) is 25.1 Å². The van der Waals surface area contributed by atoms with Crippen molar-refractivity contribution >= 4 is 10.9 Å². The summed E-state index contributed by atoms with van der Waals surface area (Å²) in [5.41, 5.74) is 8.01. The van der Waals surface area contributed by atoms with Crippen molar-refractivity contribution in [2.24, 2.45) is 5.73 Å². The second-order valence-electron chi connectivity index (χ2n) is 3.62. The second-order valence-corrected chi connectivity index (χ2v) is 3.62. The van der Waals surface area contributed by atoms with E-state index in [-0.39, 0.29) is 0 Å². The summed E-state index contributed by atoms with van der Waals surface area (Å²) in [5.74, 6) is 0.923. The first-order valence-corrected chi connectivity index (χ1v) is 5.11. The quantitative estimate of drug-likeness (QED) is 0.829. The zero-order valence-corrected chi connectivity index (χ0v) is 9.16. The number of aromatic nitrogens is 1. The van der Waals surface area contributed by atoms with Gasteiger partial charge in [-0.2, -0.15) is 0 Å². The molecule has 3 nitrogen and oxygen atoms in total. The summed E-state index contributed by atoms with van der Waals surface area (Å²) >= 11 is 0. The Bertz CT molecular complexity index is 474. The molecule has 0 radical (unpaired) electrons. The van der Waals surface area contributed by atoms with Crippen LogP contribution in [-0.4, -0.2) is 18.2 Å². The zero-order chi connectivity index (χ0) is 10.8. The Hall–Kier alpha value is -1.48. The third-order valence-electron chi connectivity index (χ3n) is 2.69. The van der Waals surface area contributed by atoms with Crippen LogP contribution in [0.4, 0.5) is 0 Å². The van der Waals surface area contributed by atoms with E-state index in [0.29, 0.717) is 6.54 Å². The Labute approximate surface area is 89.4 Å². The largest absolute Gasteiger partial charge is 0.496 e. The van der Waals surface area contributed by atoms with Crippen LogP contribution in [0.15, 0.2) is 24.3 Å². The fraction of sp³-hybridized carbons (Fsp3) is 0.333. The van der Waals surface area contributed by atoms with Crippen molar-refractivity contribution in [1.29, 1.82) is 0 Å². The highest BCUT2D eigenvalue weighted by Crippen LogP contribution is 2.28. The van der Waals surface area contributed by atoms with Crippen LogP contribution >= 0.6 is 0 Å². The number of ether oxygens (including phenoxy) is 1. The first-order chi connectivity index (χ1) is 7.27. The molecule has 0 fully saturated rings. The summed E-state index contributed by atoms with van der Waals surface area (Å²) in [7, 11) is 1.70. The van der Waals surface area contributed by atoms with Gasteiger partial charge in [-0.3, -0.25) is 0 Å². The molecule has 2 aromatic rings. The molecule has 15 heavy (non-hydrogen) atoms. The number of benzene rings is 1. The van der Waals surface area contributed by atoms with Gasteiger partial charge in [-0.25, -0.2) is 0 Å². The Morgan fingerprint density at radius 1 is 1.40 bits per heavy atom. The molecule has 0 amide bonds. The molecule has 1 aromatic heterocycles. The normalized spacial score (nSPS) is 10.9. The number of methoxy groups -OCH3 is 1. The summed E-state index contributed by atoms with van der Waals surface area (Å²) in [6.45, 7) is 3.60. The third-order valence-corrected chi connectivity index (χ3v) is 2.69. The Kier molecular flexibility index (Phi) is 2.64. The molecule has 0 aliphatic carbocycles. The first-order valence-electron chi connectivity index (χ1n) is 5.11. The van der Waals surface area contributed by atoms with Gasteiger partial charge in [-0.1, -0.05) is 6.07 Å². The maximum absolute atomic E-state index is 5.60. The van der Waals surface area contributed by atoms with E-state index in [4.69, 9.17) is 10.5 Å². The molecular formula is C12H16N2O. The number of fused-ring (bicyclic) bond motifs is 1. The minimum Gasteiger partial charge on any atom is -0.496 e. The lowest BCUT2D eigenvalue weighted by Gasteiger charge is -2.06. The Balaban J connectivity index is 2.67. The van der Waals surface area contributed by atoms with Crippen LogP contribution in [0.1, 0.15) is 5.69 Å². The van der Waals surface area contributed by atoms with Crippen molar-refractivity contribution in [3.8, 4) is 5.75 Å². The van der Waals surface area contributed by atoms with Gasteiger partial charge >= 0.3 is 0 Å². The van der Waals surface area contributed by atoms with Gasteiger partial charge in [-0.15, -0.1) is 0 Å². The van der Waals surface area contributed by atoms with E-state index in [2.05, 4.69) is 23.6 Å². The zero-order valence-electron chi connectivity index (χ0n) is 9.16. The van der Waals surface area contributed by atoms with Crippen LogP contribution in [0.25, 0.3) is 10.9 Å². The van der Waals surface area contributed by atoms with Crippen molar-refractivity contribution in [1.82, 2.24) is 4.57 Å². The molecule has 1 aromatic carbocycles. The van der Waals surface area contributed by atoms with Gasteiger partial charge in [0, 0.05) is 24.2 Å². The fourth-order valence-electron chi connectivity index (χ4n) is 1.99. The van der Waals surface area contributed by atoms with E-state index in [1.807, 2.05) is 12.1 Å². The number of rotatable bonds is 3. The molecule has 0 aliphatic rings. The average Bonchev–Trinajstić information content (AvgIpc) is 2.56. The Morgan fingerprint density at radius 3 is 2.87 bits per heavy atom. The highest BCUT2D eigenvalue weighted by molar-refractivity contribution is 5.87. The minimum absolute atomic E-state index is 0.655. The number of hydrogen-bond acceptors (Lipinski definition) is 2. The van der Waals surface area contributed by atoms with E-state index < -0.39 is 0 Å². The molecular weight excluding hydrogens is 188 g/mol. The van der Waals surface area contributed by atoms with Crippen molar-refractivity contribution in [3.05, 3.63) is 30.0 Å². The van der Waals surface area contributed by atoms with E-state index in [9.17, 15) is 0 Å². The summed E-state index contributed by atoms with van der Waals surface area (Å²) in [6, 6.07) is 8.23. The molecule has 0 aliphatic heterocycles. The van der Waals surface area contributed by atoms with Crippen LogP contribution in [0.3, 0.4) is 0 Å². The highest BCUT2D eigenvalue weighted by Gasteiger charge is 2.08. The lowest BCUT2D eigenvalue weighted by atomic mass is 10.2. The van der Waals surface area contributed by atoms with Crippen LogP contribution in [-0.2, 0) is 6.54 Å². The molecule has 80 valence electrons. The van der Waals surface area contributed by atoms with Gasteiger partial charge < -0.3 is 15.0 Å². The monoisotopic (exact) mass is 204 g/mol. The number of nitrogens with two attached hydrogens (primary N) is 1. The molecule has 1 heterocycles. The van der Waals surface area contributed by atoms with Crippen molar-refractivity contribution < 1.29 is 4.74 Å². The number of nitrogens with zero attached hydrogens (tertiary/aromatic N) is 1. The fourth-order valence-corrected chi connectivity index (χ4v) is 1.99. The van der Waals surface area contributed by atoms with Gasteiger partial charge in [0.05, 0.1) is 12.6 Å². The maximum Gasteiger partial charge on any atom is 0.128 e. The van der Waals surface area contributed by atoms with Gasteiger partial charge in [0.2, 0.25) is 0 Å². The molecule has 0 saturated carbocycles. The third kappa shape index (κ3) is 1.59. The van der Waals surface area contributed by atoms with Crippen molar-refractivity contribution in [2.75, 3.05) is 13.7 Å². The number of hydrogen-bond donors (Lipinski definition) is 1. The minimum atomic E-state index is 0.655. The van der Waals surface area contributed by atoms with Gasteiger partial charge in [0.25, 0.3) is 0 Å². The van der Waals surface area contributed by atoms with E-state index in [0.717, 1.165) is 17.7 Å². The average molecular weight is 204 g/mol. The topological polar surface area (TPSA) is 40.2 Å². The molecule has 0 unspecified atom stereocenters. The van der Waals surface area contributed by atoms with E-state index >= 15 is 0 Å². The molecule has 2 N–H and O–H groups in total. The molecule has 0 bridgehead atoms. The van der Waals surface area contributed by atoms with Crippen LogP contribution < -0.4 is 10.5 Å². The van der Waals surface area contributed by atoms with Crippen molar-refractivity contribution in [2.45, 2.75) is 13.5 Å². The van der Waals surface area contributed by atoms with Crippen LogP contribution in [0.5, 0.6) is 5.75 Å². The lowest BCUT2D eigenvalue weighted by molar-refractivity contribution is 0.420. The summed E-state index contributed by atoms with van der Waals surface area (Å²) in [6.07, 6.45) is 0. The Morgan fingerprint density at radius 2 is 2.20 bits per heavy atom. The summed E-state index contributed by atoms with van der Waals surface area (Å²) in [5, 5.41) is 1.16. The van der Waals surface area contributed by atoms with E-state index in [1.54, 1.807) is 7.11 Å². The molecule has 0 saturated heterocycles. The highest BCUT2D eigenvalue weighted by atomic mass is 16.5. The first kappa shape index (κ1) is 10.1. The summed E-state index contributed by atoms with van der Waals surface area (Å²) in [4.78, 5) is 0. The van der Waals surface area contributed by atoms with Gasteiger partial charge in [0.15, 0.2) is 0 Å². The van der Waals surface area contributed by atoms with Crippen molar-refractivity contribution in [3.63, 3.8) is 0 Å². The standard InChI is InChI=1S/C12H16N2O/c1-9-8-10-11(14(9)7-6-13)4-3-5-12(10)15-2/h3-5,8H,6-7,13H2,1-2H3. The van der Waals surface area contributed by atoms with Crippen LogP contribution in [0.2, 0.25) is 0 Å². The second kappa shape index (κ2) is 3.95. The molecule has 0 spiro atoms. The molecule has 3 heteroatoms. The van der Waals surface area contributed by atoms with Gasteiger partial charge in [0.1, 0.15) is 5.75 Å². The summed E-state index contributed by atoms with van der Waals surface area (Å²) < 4.78 is 7.55. The predicted molar refractivity (Wildman–Crippen MR) is 62.3 cm³/mol. The lowest BCUT2D eigenvalue weighted by Crippen LogP contribution is -2.10. The maximum atomic E-state index is 5.60. The number of aryl methyl sites for hydroxylation is 1. The SMILES string of the molecule is COc1cccc2c1cc(C)n2CCN. The van der Waals surface area contributed by atoms with E-state index in [1.165, 1.54) is 11.2 Å². The van der Waals surface area contributed by atoms with Crippen LogP contribution in [0, 0.1) is 6.92 Å². The molecule has 0 atom stereocenters. The predicted octanol–water partition coefficient (Wildman–Crippen LogP) is 1.92. The molecule has 2 rings (SSSR count).